The number of hydrogen-bond acceptors (Lipinski definition) is 3. The number of pyridine rings is 1. The number of aryl methyl sites for hydroxylation is 1. The number of nitrogens with zero attached hydrogens (tertiary/aromatic N) is 2. The summed E-state index contributed by atoms with van der Waals surface area (Å²) in [5.41, 5.74) is 2.88. The molecule has 0 amide bonds. The first kappa shape index (κ1) is 18.6. The molecule has 2 aromatic carbocycles. The summed E-state index contributed by atoms with van der Waals surface area (Å²) >= 11 is 0. The monoisotopic (exact) mass is 408 g/mol. The Morgan fingerprint density at radius 3 is 2.62 bits per heavy atom. The zero-order valence-electron chi connectivity index (χ0n) is 16.7. The Morgan fingerprint density at radius 2 is 1.90 bits per heavy atom. The fourth-order valence-corrected chi connectivity index (χ4v) is 5.29. The van der Waals surface area contributed by atoms with Crippen LogP contribution in [0.5, 0.6) is 5.75 Å². The number of benzene rings is 2. The molecule has 1 aromatic heterocycles. The van der Waals surface area contributed by atoms with Gasteiger partial charge < -0.3 is 9.30 Å². The third kappa shape index (κ3) is 3.20. The fraction of sp³-hybridized carbons (Fsp3) is 0.348. The van der Waals surface area contributed by atoms with E-state index in [9.17, 15) is 9.00 Å². The Bertz CT molecular complexity index is 1200. The van der Waals surface area contributed by atoms with Crippen LogP contribution in [0, 0.1) is 5.92 Å². The van der Waals surface area contributed by atoms with Crippen molar-refractivity contribution in [1.82, 2.24) is 8.87 Å². The largest absolute Gasteiger partial charge is 0.493 e. The molecule has 0 spiro atoms. The molecule has 0 saturated heterocycles. The SMILES string of the molecule is CCN1Cc2cc(OCC3CC3)c(-c3cn(C)c(=O)c4ccccc34)cc2S1=O. The quantitative estimate of drug-likeness (QED) is 0.644. The molecule has 1 fully saturated rings. The average molecular weight is 409 g/mol. The van der Waals surface area contributed by atoms with Crippen LogP contribution >= 0.6 is 0 Å². The maximum atomic E-state index is 12.9. The van der Waals surface area contributed by atoms with Crippen LogP contribution in [0.15, 0.2) is 52.3 Å². The molecule has 1 atom stereocenters. The van der Waals surface area contributed by atoms with Gasteiger partial charge in [0, 0.05) is 42.8 Å². The first-order chi connectivity index (χ1) is 14.1. The van der Waals surface area contributed by atoms with Crippen molar-refractivity contribution in [3.8, 4) is 16.9 Å². The zero-order valence-corrected chi connectivity index (χ0v) is 17.5. The summed E-state index contributed by atoms with van der Waals surface area (Å²) in [7, 11) is 0.609. The van der Waals surface area contributed by atoms with Gasteiger partial charge in [0.05, 0.1) is 11.5 Å². The molecule has 5 nitrogen and oxygen atoms in total. The van der Waals surface area contributed by atoms with Crippen LogP contribution in [0.1, 0.15) is 25.3 Å². The van der Waals surface area contributed by atoms with Crippen molar-refractivity contribution in [1.29, 1.82) is 0 Å². The second kappa shape index (κ2) is 7.11. The molecular weight excluding hydrogens is 384 g/mol. The summed E-state index contributed by atoms with van der Waals surface area (Å²) in [5, 5.41) is 1.57. The maximum absolute atomic E-state index is 12.9. The lowest BCUT2D eigenvalue weighted by molar-refractivity contribution is 0.300. The lowest BCUT2D eigenvalue weighted by Gasteiger charge is -2.16. The number of ether oxygens (including phenoxy) is 1. The third-order valence-corrected chi connectivity index (χ3v) is 7.45. The highest BCUT2D eigenvalue weighted by Gasteiger charge is 2.29. The van der Waals surface area contributed by atoms with Crippen molar-refractivity contribution in [2.24, 2.45) is 13.0 Å². The molecule has 29 heavy (non-hydrogen) atoms. The number of rotatable bonds is 5. The minimum absolute atomic E-state index is 0.0216. The summed E-state index contributed by atoms with van der Waals surface area (Å²) in [6.07, 6.45) is 4.30. The molecule has 1 aliphatic carbocycles. The summed E-state index contributed by atoms with van der Waals surface area (Å²) < 4.78 is 22.8. The molecule has 2 heterocycles. The van der Waals surface area contributed by atoms with Gasteiger partial charge in [-0.25, -0.2) is 8.51 Å². The van der Waals surface area contributed by atoms with E-state index in [0.29, 0.717) is 24.5 Å². The van der Waals surface area contributed by atoms with Crippen molar-refractivity contribution in [3.05, 3.63) is 58.5 Å². The number of aromatic nitrogens is 1. The van der Waals surface area contributed by atoms with Gasteiger partial charge in [0.1, 0.15) is 16.7 Å². The van der Waals surface area contributed by atoms with E-state index in [1.165, 1.54) is 12.8 Å². The van der Waals surface area contributed by atoms with E-state index in [1.807, 2.05) is 47.8 Å². The molecule has 2 aliphatic rings. The van der Waals surface area contributed by atoms with Gasteiger partial charge in [0.25, 0.3) is 5.56 Å². The summed E-state index contributed by atoms with van der Waals surface area (Å²) in [6, 6.07) is 11.7. The predicted molar refractivity (Wildman–Crippen MR) is 115 cm³/mol. The van der Waals surface area contributed by atoms with Crippen LogP contribution in [-0.2, 0) is 24.6 Å². The van der Waals surface area contributed by atoms with Gasteiger partial charge in [-0.1, -0.05) is 25.1 Å². The first-order valence-corrected chi connectivity index (χ1v) is 11.2. The van der Waals surface area contributed by atoms with Crippen molar-refractivity contribution in [3.63, 3.8) is 0 Å². The minimum atomic E-state index is -1.16. The van der Waals surface area contributed by atoms with E-state index >= 15 is 0 Å². The van der Waals surface area contributed by atoms with Crippen LogP contribution in [0.3, 0.4) is 0 Å². The number of hydrogen-bond donors (Lipinski definition) is 0. The Hall–Kier alpha value is -2.44. The zero-order chi connectivity index (χ0) is 20.1. The van der Waals surface area contributed by atoms with Crippen LogP contribution in [-0.4, -0.2) is 26.2 Å². The molecule has 0 radical (unpaired) electrons. The second-order valence-corrected chi connectivity index (χ2v) is 9.37. The van der Waals surface area contributed by atoms with Crippen molar-refractivity contribution in [2.45, 2.75) is 31.2 Å². The van der Waals surface area contributed by atoms with Crippen LogP contribution in [0.4, 0.5) is 0 Å². The Kier molecular flexibility index (Phi) is 4.56. The van der Waals surface area contributed by atoms with E-state index < -0.39 is 11.0 Å². The van der Waals surface area contributed by atoms with Crippen molar-refractivity contribution in [2.75, 3.05) is 13.2 Å². The van der Waals surface area contributed by atoms with Crippen LogP contribution in [0.25, 0.3) is 21.9 Å². The van der Waals surface area contributed by atoms with Gasteiger partial charge in [0.2, 0.25) is 0 Å². The predicted octanol–water partition coefficient (Wildman–Crippen LogP) is 3.85. The normalized spacial score (nSPS) is 18.9. The lowest BCUT2D eigenvalue weighted by Crippen LogP contribution is -2.18. The van der Waals surface area contributed by atoms with Crippen molar-refractivity contribution >= 4 is 21.8 Å². The molecule has 0 N–H and O–H groups in total. The molecule has 1 unspecified atom stereocenters. The standard InChI is InChI=1S/C23H24N2O3S/c1-3-25-12-16-10-21(28-14-15-8-9-15)19(11-22(16)29(25)27)20-13-24(2)23(26)18-7-5-4-6-17(18)20/h4-7,10-11,13,15H,3,8-9,12,14H2,1-2H3. The number of fused-ring (bicyclic) bond motifs is 2. The highest BCUT2D eigenvalue weighted by atomic mass is 32.2. The van der Waals surface area contributed by atoms with Gasteiger partial charge in [-0.15, -0.1) is 0 Å². The molecule has 1 aliphatic heterocycles. The summed E-state index contributed by atoms with van der Waals surface area (Å²) in [6.45, 7) is 4.13. The molecule has 0 bridgehead atoms. The molecule has 150 valence electrons. The Labute approximate surface area is 172 Å². The van der Waals surface area contributed by atoms with E-state index in [0.717, 1.165) is 39.3 Å². The van der Waals surface area contributed by atoms with E-state index in [-0.39, 0.29) is 5.56 Å². The van der Waals surface area contributed by atoms with Gasteiger partial charge in [-0.3, -0.25) is 4.79 Å². The average Bonchev–Trinajstić information content (AvgIpc) is 3.52. The Morgan fingerprint density at radius 1 is 1.14 bits per heavy atom. The van der Waals surface area contributed by atoms with Crippen LogP contribution < -0.4 is 10.3 Å². The smallest absolute Gasteiger partial charge is 0.258 e. The van der Waals surface area contributed by atoms with Gasteiger partial charge in [0.15, 0.2) is 0 Å². The van der Waals surface area contributed by atoms with E-state index in [1.54, 1.807) is 11.6 Å². The van der Waals surface area contributed by atoms with E-state index in [2.05, 4.69) is 6.07 Å². The third-order valence-electron chi connectivity index (χ3n) is 5.84. The molecule has 5 rings (SSSR count). The topological polar surface area (TPSA) is 51.5 Å². The molecule has 3 aromatic rings. The highest BCUT2D eigenvalue weighted by Crippen LogP contribution is 2.41. The minimum Gasteiger partial charge on any atom is -0.493 e. The van der Waals surface area contributed by atoms with Gasteiger partial charge in [-0.05, 0) is 47.9 Å². The van der Waals surface area contributed by atoms with E-state index in [4.69, 9.17) is 4.74 Å². The summed E-state index contributed by atoms with van der Waals surface area (Å²) in [4.78, 5) is 13.5. The Balaban J connectivity index is 1.73. The fourth-order valence-electron chi connectivity index (χ4n) is 3.96. The van der Waals surface area contributed by atoms with Gasteiger partial charge in [-0.2, -0.15) is 0 Å². The van der Waals surface area contributed by atoms with Crippen LogP contribution in [0.2, 0.25) is 0 Å². The highest BCUT2D eigenvalue weighted by molar-refractivity contribution is 7.83. The lowest BCUT2D eigenvalue weighted by atomic mass is 9.98. The van der Waals surface area contributed by atoms with Gasteiger partial charge >= 0.3 is 0 Å². The second-order valence-electron chi connectivity index (χ2n) is 7.92. The molecule has 1 saturated carbocycles. The summed E-state index contributed by atoms with van der Waals surface area (Å²) in [5.74, 6) is 1.45. The molecular formula is C23H24N2O3S. The molecule has 6 heteroatoms. The first-order valence-electron chi connectivity index (χ1n) is 10.1. The van der Waals surface area contributed by atoms with Crippen molar-refractivity contribution < 1.29 is 8.95 Å². The maximum Gasteiger partial charge on any atom is 0.258 e.